The average molecular weight is 308 g/mol. The minimum atomic E-state index is -0.0557. The third kappa shape index (κ3) is 4.39. The predicted octanol–water partition coefficient (Wildman–Crippen LogP) is 2.28. The summed E-state index contributed by atoms with van der Waals surface area (Å²) in [6, 6.07) is 13.8. The van der Waals surface area contributed by atoms with Crippen molar-refractivity contribution in [2.45, 2.75) is 18.9 Å². The van der Waals surface area contributed by atoms with E-state index in [0.717, 1.165) is 37.3 Å². The van der Waals surface area contributed by atoms with Crippen LogP contribution in [-0.4, -0.2) is 35.2 Å². The van der Waals surface area contributed by atoms with Gasteiger partial charge in [0.25, 0.3) is 0 Å². The summed E-state index contributed by atoms with van der Waals surface area (Å²) >= 11 is 0. The molecule has 1 N–H and O–H groups in total. The van der Waals surface area contributed by atoms with Crippen molar-refractivity contribution in [3.63, 3.8) is 0 Å². The van der Waals surface area contributed by atoms with Crippen molar-refractivity contribution in [3.05, 3.63) is 60.3 Å². The van der Waals surface area contributed by atoms with Crippen molar-refractivity contribution < 1.29 is 4.79 Å². The minimum Gasteiger partial charge on any atom is -0.353 e. The number of hydrogen-bond donors (Lipinski definition) is 1. The van der Waals surface area contributed by atoms with Gasteiger partial charge in [-0.3, -0.25) is 4.79 Å². The van der Waals surface area contributed by atoms with Crippen LogP contribution in [0.3, 0.4) is 0 Å². The monoisotopic (exact) mass is 308 g/mol. The molecule has 1 aliphatic heterocycles. The third-order valence-corrected chi connectivity index (χ3v) is 3.88. The van der Waals surface area contributed by atoms with Gasteiger partial charge in [-0.05, 0) is 36.6 Å². The maximum atomic E-state index is 12.1. The molecule has 0 saturated carbocycles. The van der Waals surface area contributed by atoms with Crippen LogP contribution in [0.4, 0.5) is 5.82 Å². The first-order valence-corrected chi connectivity index (χ1v) is 7.87. The zero-order valence-corrected chi connectivity index (χ0v) is 12.9. The van der Waals surface area contributed by atoms with Crippen LogP contribution in [0.2, 0.25) is 0 Å². The Labute approximate surface area is 136 Å². The second-order valence-corrected chi connectivity index (χ2v) is 5.62. The Bertz CT molecular complexity index is 657. The van der Waals surface area contributed by atoms with Gasteiger partial charge in [-0.1, -0.05) is 30.3 Å². The molecule has 118 valence electrons. The Morgan fingerprint density at radius 1 is 1.22 bits per heavy atom. The van der Waals surface area contributed by atoms with Gasteiger partial charge in [0.15, 0.2) is 5.82 Å². The van der Waals surface area contributed by atoms with E-state index < -0.39 is 0 Å². The summed E-state index contributed by atoms with van der Waals surface area (Å²) in [6.07, 6.45) is 7.11. The highest BCUT2D eigenvalue weighted by Crippen LogP contribution is 2.16. The van der Waals surface area contributed by atoms with Crippen molar-refractivity contribution in [3.8, 4) is 0 Å². The molecule has 2 heterocycles. The van der Waals surface area contributed by atoms with Gasteiger partial charge >= 0.3 is 0 Å². The van der Waals surface area contributed by atoms with Crippen LogP contribution in [0.25, 0.3) is 6.08 Å². The van der Waals surface area contributed by atoms with E-state index in [9.17, 15) is 4.79 Å². The molecule has 1 unspecified atom stereocenters. The number of piperidine rings is 1. The number of carbonyl (C=O) groups is 1. The van der Waals surface area contributed by atoms with E-state index in [0.29, 0.717) is 0 Å². The Morgan fingerprint density at radius 3 is 2.87 bits per heavy atom. The van der Waals surface area contributed by atoms with Gasteiger partial charge in [-0.15, -0.1) is 5.10 Å². The highest BCUT2D eigenvalue weighted by Gasteiger charge is 2.21. The number of anilines is 1. The van der Waals surface area contributed by atoms with E-state index in [2.05, 4.69) is 20.4 Å². The Kier molecular flexibility index (Phi) is 4.99. The molecule has 1 fully saturated rings. The molecule has 1 atom stereocenters. The summed E-state index contributed by atoms with van der Waals surface area (Å²) in [6.45, 7) is 1.72. The number of benzene rings is 1. The molecule has 0 spiro atoms. The Hall–Kier alpha value is -2.69. The molecule has 0 aliphatic carbocycles. The van der Waals surface area contributed by atoms with Crippen molar-refractivity contribution in [1.29, 1.82) is 0 Å². The molecule has 1 aromatic carbocycles. The van der Waals surface area contributed by atoms with Crippen LogP contribution >= 0.6 is 0 Å². The van der Waals surface area contributed by atoms with Crippen LogP contribution in [0.1, 0.15) is 18.4 Å². The number of nitrogens with one attached hydrogen (secondary N) is 1. The lowest BCUT2D eigenvalue weighted by Gasteiger charge is -2.33. The summed E-state index contributed by atoms with van der Waals surface area (Å²) in [5, 5.41) is 11.1. The van der Waals surface area contributed by atoms with Crippen LogP contribution in [0.15, 0.2) is 54.7 Å². The third-order valence-electron chi connectivity index (χ3n) is 3.88. The summed E-state index contributed by atoms with van der Waals surface area (Å²) in [5.41, 5.74) is 1.02. The fourth-order valence-corrected chi connectivity index (χ4v) is 2.75. The Balaban J connectivity index is 1.55. The summed E-state index contributed by atoms with van der Waals surface area (Å²) in [5.74, 6) is 0.811. The number of nitrogens with zero attached hydrogens (tertiary/aromatic N) is 3. The standard InChI is InChI=1S/C18H20N4O/c23-18(11-10-15-6-2-1-3-7-15)20-16-8-5-13-22(14-16)17-9-4-12-19-21-17/h1-4,6-7,9-12,16H,5,8,13-14H2,(H,20,23). The van der Waals surface area contributed by atoms with E-state index in [-0.39, 0.29) is 11.9 Å². The van der Waals surface area contributed by atoms with E-state index >= 15 is 0 Å². The first-order chi connectivity index (χ1) is 11.3. The number of carbonyl (C=O) groups excluding carboxylic acids is 1. The van der Waals surface area contributed by atoms with Gasteiger partial charge in [0.05, 0.1) is 0 Å². The molecule has 1 aliphatic rings. The Morgan fingerprint density at radius 2 is 2.09 bits per heavy atom. The lowest BCUT2D eigenvalue weighted by Crippen LogP contribution is -2.47. The molecule has 1 saturated heterocycles. The maximum Gasteiger partial charge on any atom is 0.244 e. The summed E-state index contributed by atoms with van der Waals surface area (Å²) in [4.78, 5) is 14.3. The molecule has 23 heavy (non-hydrogen) atoms. The van der Waals surface area contributed by atoms with Crippen LogP contribution < -0.4 is 10.2 Å². The fourth-order valence-electron chi connectivity index (χ4n) is 2.75. The van der Waals surface area contributed by atoms with Crippen molar-refractivity contribution >= 4 is 17.8 Å². The largest absolute Gasteiger partial charge is 0.353 e. The molecule has 1 amide bonds. The van der Waals surface area contributed by atoms with Gasteiger partial charge in [0.2, 0.25) is 5.91 Å². The minimum absolute atomic E-state index is 0.0557. The van der Waals surface area contributed by atoms with Crippen molar-refractivity contribution in [2.75, 3.05) is 18.0 Å². The van der Waals surface area contributed by atoms with Gasteiger partial charge in [-0.25, -0.2) is 0 Å². The fraction of sp³-hybridized carbons (Fsp3) is 0.278. The molecular weight excluding hydrogens is 288 g/mol. The lowest BCUT2D eigenvalue weighted by atomic mass is 10.1. The second-order valence-electron chi connectivity index (χ2n) is 5.62. The van der Waals surface area contributed by atoms with E-state index in [1.165, 1.54) is 0 Å². The molecule has 0 radical (unpaired) electrons. The predicted molar refractivity (Wildman–Crippen MR) is 90.9 cm³/mol. The van der Waals surface area contributed by atoms with Crippen LogP contribution in [0, 0.1) is 0 Å². The zero-order valence-electron chi connectivity index (χ0n) is 12.9. The van der Waals surface area contributed by atoms with Crippen molar-refractivity contribution in [1.82, 2.24) is 15.5 Å². The normalized spacial score (nSPS) is 18.1. The summed E-state index contributed by atoms with van der Waals surface area (Å²) in [7, 11) is 0. The first kappa shape index (κ1) is 15.2. The zero-order chi connectivity index (χ0) is 15.9. The highest BCUT2D eigenvalue weighted by molar-refractivity contribution is 5.91. The quantitative estimate of drug-likeness (QED) is 0.880. The lowest BCUT2D eigenvalue weighted by molar-refractivity contribution is -0.117. The first-order valence-electron chi connectivity index (χ1n) is 7.87. The molecule has 2 aromatic rings. The molecule has 0 bridgehead atoms. The van der Waals surface area contributed by atoms with Gasteiger partial charge in [-0.2, -0.15) is 5.10 Å². The number of aromatic nitrogens is 2. The average Bonchev–Trinajstić information content (AvgIpc) is 2.62. The number of amides is 1. The van der Waals surface area contributed by atoms with E-state index in [1.807, 2.05) is 48.5 Å². The molecule has 5 heteroatoms. The maximum absolute atomic E-state index is 12.1. The highest BCUT2D eigenvalue weighted by atomic mass is 16.1. The molecule has 3 rings (SSSR count). The summed E-state index contributed by atoms with van der Waals surface area (Å²) < 4.78 is 0. The molecule has 5 nitrogen and oxygen atoms in total. The van der Waals surface area contributed by atoms with Crippen LogP contribution in [-0.2, 0) is 4.79 Å². The smallest absolute Gasteiger partial charge is 0.244 e. The number of rotatable bonds is 4. The van der Waals surface area contributed by atoms with Crippen LogP contribution in [0.5, 0.6) is 0 Å². The van der Waals surface area contributed by atoms with E-state index in [4.69, 9.17) is 0 Å². The second kappa shape index (κ2) is 7.54. The van der Waals surface area contributed by atoms with Crippen molar-refractivity contribution in [2.24, 2.45) is 0 Å². The molecular formula is C18H20N4O. The van der Waals surface area contributed by atoms with E-state index in [1.54, 1.807) is 12.3 Å². The molecule has 1 aromatic heterocycles. The SMILES string of the molecule is O=C(C=Cc1ccccc1)NC1CCCN(c2cccnn2)C1. The number of hydrogen-bond acceptors (Lipinski definition) is 4. The topological polar surface area (TPSA) is 58.1 Å². The van der Waals surface area contributed by atoms with Gasteiger partial charge < -0.3 is 10.2 Å². The van der Waals surface area contributed by atoms with Gasteiger partial charge in [0.1, 0.15) is 0 Å². The van der Waals surface area contributed by atoms with Gasteiger partial charge in [0, 0.05) is 31.4 Å².